The minimum atomic E-state index is -0.287. The Morgan fingerprint density at radius 3 is 2.78 bits per heavy atom. The van der Waals surface area contributed by atoms with Crippen LogP contribution >= 0.6 is 22.7 Å². The van der Waals surface area contributed by atoms with Crippen molar-refractivity contribution in [3.8, 4) is 5.69 Å². The predicted octanol–water partition coefficient (Wildman–Crippen LogP) is 4.96. The molecule has 0 fully saturated rings. The lowest BCUT2D eigenvalue weighted by Crippen LogP contribution is -2.33. The third kappa shape index (κ3) is 3.65. The SMILES string of the molecule is Cc1nn(-c2ccc(F)cc2)c2sc(C(=O)N[C@@H](C)Cc3cccs3)cc12. The fourth-order valence-electron chi connectivity index (χ4n) is 2.99. The lowest BCUT2D eigenvalue weighted by atomic mass is 10.2. The van der Waals surface area contributed by atoms with E-state index < -0.39 is 0 Å². The van der Waals surface area contributed by atoms with Crippen LogP contribution in [0, 0.1) is 12.7 Å². The highest BCUT2D eigenvalue weighted by Crippen LogP contribution is 2.30. The first kappa shape index (κ1) is 17.9. The third-order valence-electron chi connectivity index (χ3n) is 4.30. The van der Waals surface area contributed by atoms with Crippen LogP contribution in [0.3, 0.4) is 0 Å². The Bertz CT molecular complexity index is 1080. The highest BCUT2D eigenvalue weighted by molar-refractivity contribution is 7.20. The van der Waals surface area contributed by atoms with Gasteiger partial charge in [-0.05, 0) is 55.6 Å². The van der Waals surface area contributed by atoms with Crippen LogP contribution in [0.2, 0.25) is 0 Å². The second-order valence-corrected chi connectivity index (χ2v) is 8.52. The molecule has 7 heteroatoms. The van der Waals surface area contributed by atoms with Gasteiger partial charge in [0.1, 0.15) is 10.6 Å². The van der Waals surface area contributed by atoms with Gasteiger partial charge in [0.15, 0.2) is 0 Å². The summed E-state index contributed by atoms with van der Waals surface area (Å²) >= 11 is 3.09. The van der Waals surface area contributed by atoms with Crippen LogP contribution in [-0.2, 0) is 6.42 Å². The molecule has 138 valence electrons. The largest absolute Gasteiger partial charge is 0.349 e. The van der Waals surface area contributed by atoms with Gasteiger partial charge in [0, 0.05) is 22.7 Å². The highest BCUT2D eigenvalue weighted by atomic mass is 32.1. The smallest absolute Gasteiger partial charge is 0.261 e. The van der Waals surface area contributed by atoms with Crippen molar-refractivity contribution >= 4 is 38.8 Å². The van der Waals surface area contributed by atoms with E-state index in [1.807, 2.05) is 31.4 Å². The van der Waals surface area contributed by atoms with Crippen molar-refractivity contribution in [3.63, 3.8) is 0 Å². The summed E-state index contributed by atoms with van der Waals surface area (Å²) in [5.41, 5.74) is 1.62. The number of carbonyl (C=O) groups excluding carboxylic acids is 1. The monoisotopic (exact) mass is 399 g/mol. The Kier molecular flexibility index (Phi) is 4.80. The van der Waals surface area contributed by atoms with Crippen LogP contribution in [0.4, 0.5) is 4.39 Å². The molecule has 4 nitrogen and oxygen atoms in total. The maximum atomic E-state index is 13.2. The van der Waals surface area contributed by atoms with Crippen molar-refractivity contribution in [2.45, 2.75) is 26.3 Å². The molecule has 0 saturated carbocycles. The quantitative estimate of drug-likeness (QED) is 0.516. The van der Waals surface area contributed by atoms with E-state index in [1.165, 1.54) is 28.3 Å². The lowest BCUT2D eigenvalue weighted by Gasteiger charge is -2.11. The summed E-state index contributed by atoms with van der Waals surface area (Å²) in [7, 11) is 0. The Hall–Kier alpha value is -2.51. The van der Waals surface area contributed by atoms with Gasteiger partial charge >= 0.3 is 0 Å². The molecule has 1 N–H and O–H groups in total. The van der Waals surface area contributed by atoms with Crippen LogP contribution in [0.15, 0.2) is 47.8 Å². The number of halogens is 1. The normalized spacial score (nSPS) is 12.4. The zero-order valence-electron chi connectivity index (χ0n) is 14.9. The molecule has 0 aliphatic rings. The number of rotatable bonds is 5. The molecule has 0 saturated heterocycles. The molecule has 0 radical (unpaired) electrons. The predicted molar refractivity (Wildman–Crippen MR) is 109 cm³/mol. The number of aromatic nitrogens is 2. The zero-order chi connectivity index (χ0) is 19.0. The van der Waals surface area contributed by atoms with E-state index >= 15 is 0 Å². The number of benzene rings is 1. The van der Waals surface area contributed by atoms with Crippen LogP contribution in [-0.4, -0.2) is 21.7 Å². The van der Waals surface area contributed by atoms with Gasteiger partial charge in [-0.25, -0.2) is 9.07 Å². The first-order chi connectivity index (χ1) is 13.0. The summed E-state index contributed by atoms with van der Waals surface area (Å²) in [6.07, 6.45) is 0.816. The van der Waals surface area contributed by atoms with Crippen LogP contribution in [0.1, 0.15) is 27.2 Å². The van der Waals surface area contributed by atoms with Crippen molar-refractivity contribution in [1.29, 1.82) is 0 Å². The fraction of sp³-hybridized carbons (Fsp3) is 0.200. The van der Waals surface area contributed by atoms with Gasteiger partial charge in [0.05, 0.1) is 16.3 Å². The minimum Gasteiger partial charge on any atom is -0.349 e. The topological polar surface area (TPSA) is 46.9 Å². The number of carbonyl (C=O) groups is 1. The summed E-state index contributed by atoms with van der Waals surface area (Å²) in [5, 5.41) is 10.6. The minimum absolute atomic E-state index is 0.0519. The van der Waals surface area contributed by atoms with E-state index in [2.05, 4.69) is 16.5 Å². The number of amides is 1. The third-order valence-corrected chi connectivity index (χ3v) is 6.31. The molecule has 1 aromatic carbocycles. The molecule has 0 bridgehead atoms. The van der Waals surface area contributed by atoms with Crippen molar-refractivity contribution in [2.75, 3.05) is 0 Å². The molecule has 0 unspecified atom stereocenters. The molecule has 3 heterocycles. The maximum Gasteiger partial charge on any atom is 0.261 e. The molecule has 27 heavy (non-hydrogen) atoms. The van der Waals surface area contributed by atoms with Gasteiger partial charge in [0.2, 0.25) is 0 Å². The van der Waals surface area contributed by atoms with E-state index in [9.17, 15) is 9.18 Å². The number of hydrogen-bond donors (Lipinski definition) is 1. The number of nitrogens with zero attached hydrogens (tertiary/aromatic N) is 2. The Labute approximate surface area is 164 Å². The van der Waals surface area contributed by atoms with E-state index in [0.717, 1.165) is 28.0 Å². The van der Waals surface area contributed by atoms with Crippen molar-refractivity contribution in [1.82, 2.24) is 15.1 Å². The van der Waals surface area contributed by atoms with Gasteiger partial charge in [0.25, 0.3) is 5.91 Å². The number of hydrogen-bond acceptors (Lipinski definition) is 4. The van der Waals surface area contributed by atoms with Crippen molar-refractivity contribution < 1.29 is 9.18 Å². The molecular formula is C20H18FN3OS2. The molecule has 1 amide bonds. The average molecular weight is 400 g/mol. The van der Waals surface area contributed by atoms with Crippen molar-refractivity contribution in [2.24, 2.45) is 0 Å². The van der Waals surface area contributed by atoms with Crippen LogP contribution in [0.5, 0.6) is 0 Å². The molecule has 0 aliphatic heterocycles. The number of thiophene rings is 2. The summed E-state index contributed by atoms with van der Waals surface area (Å²) in [4.78, 5) is 15.5. The fourth-order valence-corrected chi connectivity index (χ4v) is 4.91. The van der Waals surface area contributed by atoms with Gasteiger partial charge in [-0.3, -0.25) is 4.79 Å². The van der Waals surface area contributed by atoms with E-state index in [-0.39, 0.29) is 17.8 Å². The van der Waals surface area contributed by atoms with Crippen LogP contribution in [0.25, 0.3) is 15.9 Å². The molecule has 4 rings (SSSR count). The standard InChI is InChI=1S/C20H18FN3OS2/c1-12(10-16-4-3-9-26-16)22-19(25)18-11-17-13(2)23-24(20(17)27-18)15-7-5-14(21)6-8-15/h3-9,11-12H,10H2,1-2H3,(H,22,25)/t12-/m0/s1. The van der Waals surface area contributed by atoms with E-state index in [1.54, 1.807) is 28.2 Å². The van der Waals surface area contributed by atoms with E-state index in [4.69, 9.17) is 0 Å². The molecule has 4 aromatic rings. The molecule has 3 aromatic heterocycles. The molecule has 0 aliphatic carbocycles. The Morgan fingerprint density at radius 2 is 2.07 bits per heavy atom. The zero-order valence-corrected chi connectivity index (χ0v) is 16.5. The van der Waals surface area contributed by atoms with Gasteiger partial charge < -0.3 is 5.32 Å². The first-order valence-electron chi connectivity index (χ1n) is 8.59. The maximum absolute atomic E-state index is 13.2. The summed E-state index contributed by atoms with van der Waals surface area (Å²) < 4.78 is 15.0. The highest BCUT2D eigenvalue weighted by Gasteiger charge is 2.18. The second kappa shape index (κ2) is 7.25. The average Bonchev–Trinajstić information content (AvgIpc) is 3.34. The summed E-state index contributed by atoms with van der Waals surface area (Å²) in [6.45, 7) is 3.92. The molecular weight excluding hydrogens is 381 g/mol. The summed E-state index contributed by atoms with van der Waals surface area (Å²) in [6, 6.07) is 12.2. The van der Waals surface area contributed by atoms with E-state index in [0.29, 0.717) is 4.88 Å². The van der Waals surface area contributed by atoms with Crippen LogP contribution < -0.4 is 5.32 Å². The lowest BCUT2D eigenvalue weighted by molar-refractivity contribution is 0.0944. The second-order valence-electron chi connectivity index (χ2n) is 6.46. The number of fused-ring (bicyclic) bond motifs is 1. The van der Waals surface area contributed by atoms with Gasteiger partial charge in [-0.2, -0.15) is 5.10 Å². The Morgan fingerprint density at radius 1 is 1.30 bits per heavy atom. The first-order valence-corrected chi connectivity index (χ1v) is 10.3. The van der Waals surface area contributed by atoms with Crippen molar-refractivity contribution in [3.05, 3.63) is 69.1 Å². The van der Waals surface area contributed by atoms with Gasteiger partial charge in [-0.1, -0.05) is 6.07 Å². The molecule has 1 atom stereocenters. The van der Waals surface area contributed by atoms with Gasteiger partial charge in [-0.15, -0.1) is 22.7 Å². The number of aryl methyl sites for hydroxylation is 1. The number of nitrogens with one attached hydrogen (secondary N) is 1. The Balaban J connectivity index is 1.58. The molecule has 0 spiro atoms. The summed E-state index contributed by atoms with van der Waals surface area (Å²) in [5.74, 6) is -0.366.